The molecule has 0 bridgehead atoms. The van der Waals surface area contributed by atoms with Gasteiger partial charge in [0.25, 0.3) is 5.91 Å². The second kappa shape index (κ2) is 11.2. The van der Waals surface area contributed by atoms with Crippen LogP contribution >= 0.6 is 11.8 Å². The number of hydrogen-bond donors (Lipinski definition) is 2. The number of amides is 2. The lowest BCUT2D eigenvalue weighted by molar-refractivity contribution is -0.118. The van der Waals surface area contributed by atoms with E-state index >= 15 is 0 Å². The fourth-order valence-corrected chi connectivity index (χ4v) is 3.15. The monoisotopic (exact) mass is 418 g/mol. The molecule has 156 valence electrons. The molecule has 0 aliphatic heterocycles. The van der Waals surface area contributed by atoms with E-state index in [0.29, 0.717) is 40.7 Å². The highest BCUT2D eigenvalue weighted by Gasteiger charge is 2.23. The normalized spacial score (nSPS) is 11.3. The van der Waals surface area contributed by atoms with Gasteiger partial charge < -0.3 is 24.8 Å². The molecule has 0 radical (unpaired) electrons. The molecule has 2 amide bonds. The Morgan fingerprint density at radius 1 is 1.00 bits per heavy atom. The van der Waals surface area contributed by atoms with Crippen LogP contribution in [-0.2, 0) is 4.79 Å². The number of ether oxygens (including phenoxy) is 3. The lowest BCUT2D eigenvalue weighted by Crippen LogP contribution is -2.44. The Labute approximate surface area is 175 Å². The van der Waals surface area contributed by atoms with E-state index in [1.165, 1.54) is 21.3 Å². The van der Waals surface area contributed by atoms with Gasteiger partial charge in [-0.2, -0.15) is 11.8 Å². The van der Waals surface area contributed by atoms with Gasteiger partial charge in [-0.05, 0) is 30.6 Å². The fourth-order valence-electron chi connectivity index (χ4n) is 2.68. The predicted octanol–water partition coefficient (Wildman–Crippen LogP) is 3.20. The number of para-hydroxylation sites is 1. The van der Waals surface area contributed by atoms with Crippen LogP contribution in [0.2, 0.25) is 0 Å². The molecular formula is C21H26N2O5S. The molecule has 0 aromatic heterocycles. The zero-order valence-electron chi connectivity index (χ0n) is 17.0. The van der Waals surface area contributed by atoms with Crippen molar-refractivity contribution in [2.24, 2.45) is 0 Å². The van der Waals surface area contributed by atoms with E-state index in [0.717, 1.165) is 0 Å². The molecule has 0 heterocycles. The van der Waals surface area contributed by atoms with Gasteiger partial charge >= 0.3 is 0 Å². The minimum Gasteiger partial charge on any atom is -0.497 e. The van der Waals surface area contributed by atoms with Gasteiger partial charge in [0, 0.05) is 23.9 Å². The van der Waals surface area contributed by atoms with Crippen molar-refractivity contribution in [1.82, 2.24) is 5.32 Å². The second-order valence-corrected chi connectivity index (χ2v) is 7.08. The zero-order valence-corrected chi connectivity index (χ0v) is 17.8. The smallest absolute Gasteiger partial charge is 0.255 e. The second-order valence-electron chi connectivity index (χ2n) is 6.10. The topological polar surface area (TPSA) is 85.9 Å². The summed E-state index contributed by atoms with van der Waals surface area (Å²) in [7, 11) is 4.57. The molecule has 0 aliphatic rings. The Bertz CT molecular complexity index is 821. The minimum atomic E-state index is -0.711. The number of methoxy groups -OCH3 is 3. The van der Waals surface area contributed by atoms with E-state index < -0.39 is 6.04 Å². The van der Waals surface area contributed by atoms with Crippen LogP contribution < -0.4 is 24.8 Å². The molecule has 1 atom stereocenters. The molecular weight excluding hydrogens is 392 g/mol. The number of anilines is 1. The third kappa shape index (κ3) is 6.32. The molecule has 1 unspecified atom stereocenters. The number of nitrogens with one attached hydrogen (secondary N) is 2. The van der Waals surface area contributed by atoms with Crippen LogP contribution in [0.5, 0.6) is 17.2 Å². The van der Waals surface area contributed by atoms with Crippen molar-refractivity contribution in [3.63, 3.8) is 0 Å². The van der Waals surface area contributed by atoms with Gasteiger partial charge in [0.1, 0.15) is 23.3 Å². The SMILES string of the molecule is COc1cc(NC(=O)C(CCSC)NC(=O)c2ccccc2OC)cc(OC)c1. The van der Waals surface area contributed by atoms with Crippen LogP contribution in [0, 0.1) is 0 Å². The van der Waals surface area contributed by atoms with Gasteiger partial charge in [-0.25, -0.2) is 0 Å². The maximum absolute atomic E-state index is 12.9. The molecule has 0 aliphatic carbocycles. The number of thioether (sulfide) groups is 1. The number of rotatable bonds is 10. The number of benzene rings is 2. The van der Waals surface area contributed by atoms with Crippen molar-refractivity contribution in [1.29, 1.82) is 0 Å². The summed E-state index contributed by atoms with van der Waals surface area (Å²) >= 11 is 1.60. The van der Waals surface area contributed by atoms with E-state index in [1.54, 1.807) is 54.2 Å². The summed E-state index contributed by atoms with van der Waals surface area (Å²) in [4.78, 5) is 25.6. The maximum Gasteiger partial charge on any atom is 0.255 e. The summed E-state index contributed by atoms with van der Waals surface area (Å²) < 4.78 is 15.7. The summed E-state index contributed by atoms with van der Waals surface area (Å²) in [6.07, 6.45) is 2.43. The molecule has 2 aromatic rings. The van der Waals surface area contributed by atoms with E-state index in [1.807, 2.05) is 6.26 Å². The van der Waals surface area contributed by atoms with Gasteiger partial charge in [0.2, 0.25) is 5.91 Å². The molecule has 0 saturated heterocycles. The molecule has 29 heavy (non-hydrogen) atoms. The molecule has 0 saturated carbocycles. The zero-order chi connectivity index (χ0) is 21.2. The Kier molecular flexibility index (Phi) is 8.67. The largest absolute Gasteiger partial charge is 0.497 e. The first-order valence-corrected chi connectivity index (χ1v) is 10.4. The lowest BCUT2D eigenvalue weighted by Gasteiger charge is -2.19. The first kappa shape index (κ1) is 22.4. The van der Waals surface area contributed by atoms with Gasteiger partial charge in [-0.15, -0.1) is 0 Å². The average molecular weight is 419 g/mol. The highest BCUT2D eigenvalue weighted by atomic mass is 32.2. The third-order valence-electron chi connectivity index (χ3n) is 4.20. The van der Waals surface area contributed by atoms with Gasteiger partial charge in [0.15, 0.2) is 0 Å². The van der Waals surface area contributed by atoms with E-state index in [9.17, 15) is 9.59 Å². The van der Waals surface area contributed by atoms with E-state index in [4.69, 9.17) is 14.2 Å². The first-order valence-electron chi connectivity index (χ1n) is 8.99. The van der Waals surface area contributed by atoms with Gasteiger partial charge in [0.05, 0.1) is 26.9 Å². The van der Waals surface area contributed by atoms with E-state index in [2.05, 4.69) is 10.6 Å². The van der Waals surface area contributed by atoms with Gasteiger partial charge in [-0.3, -0.25) is 9.59 Å². The highest BCUT2D eigenvalue weighted by Crippen LogP contribution is 2.26. The Balaban J connectivity index is 2.18. The summed E-state index contributed by atoms with van der Waals surface area (Å²) in [6, 6.07) is 11.3. The first-order chi connectivity index (χ1) is 14.0. The number of carbonyl (C=O) groups excluding carboxylic acids is 2. The Hall–Kier alpha value is -2.87. The van der Waals surface area contributed by atoms with Crippen LogP contribution in [0.15, 0.2) is 42.5 Å². The molecule has 2 aromatic carbocycles. The number of carbonyl (C=O) groups is 2. The maximum atomic E-state index is 12.9. The molecule has 0 fully saturated rings. The molecule has 2 N–H and O–H groups in total. The van der Waals surface area contributed by atoms with Crippen molar-refractivity contribution >= 4 is 29.3 Å². The standard InChI is InChI=1S/C21H26N2O5S/c1-26-15-11-14(12-16(13-15)27-2)22-21(25)18(9-10-29-4)23-20(24)17-7-5-6-8-19(17)28-3/h5-8,11-13,18H,9-10H2,1-4H3,(H,22,25)(H,23,24). The van der Waals surface area contributed by atoms with E-state index in [-0.39, 0.29) is 11.8 Å². The highest BCUT2D eigenvalue weighted by molar-refractivity contribution is 7.98. The summed E-state index contributed by atoms with van der Waals surface area (Å²) in [6.45, 7) is 0. The van der Waals surface area contributed by atoms with Crippen molar-refractivity contribution < 1.29 is 23.8 Å². The summed E-state index contributed by atoms with van der Waals surface area (Å²) in [5.41, 5.74) is 0.895. The van der Waals surface area contributed by atoms with Crippen LogP contribution in [0.25, 0.3) is 0 Å². The third-order valence-corrected chi connectivity index (χ3v) is 4.85. The summed E-state index contributed by atoms with van der Waals surface area (Å²) in [5.74, 6) is 1.58. The molecule has 0 spiro atoms. The van der Waals surface area contributed by atoms with Crippen molar-refractivity contribution in [3.05, 3.63) is 48.0 Å². The Morgan fingerprint density at radius 3 is 2.24 bits per heavy atom. The van der Waals surface area contributed by atoms with Crippen molar-refractivity contribution in [2.45, 2.75) is 12.5 Å². The van der Waals surface area contributed by atoms with Crippen molar-refractivity contribution in [3.8, 4) is 17.2 Å². The fraction of sp³-hybridized carbons (Fsp3) is 0.333. The molecule has 7 nitrogen and oxygen atoms in total. The predicted molar refractivity (Wildman–Crippen MR) is 115 cm³/mol. The van der Waals surface area contributed by atoms with Crippen LogP contribution in [0.4, 0.5) is 5.69 Å². The molecule has 8 heteroatoms. The van der Waals surface area contributed by atoms with Crippen molar-refractivity contribution in [2.75, 3.05) is 38.7 Å². The van der Waals surface area contributed by atoms with Crippen LogP contribution in [0.1, 0.15) is 16.8 Å². The quantitative estimate of drug-likeness (QED) is 0.616. The van der Waals surface area contributed by atoms with Gasteiger partial charge in [-0.1, -0.05) is 12.1 Å². The Morgan fingerprint density at radius 2 is 1.66 bits per heavy atom. The van der Waals surface area contributed by atoms with Crippen LogP contribution in [-0.4, -0.2) is 51.2 Å². The molecule has 2 rings (SSSR count). The summed E-state index contributed by atoms with van der Waals surface area (Å²) in [5, 5.41) is 5.64. The minimum absolute atomic E-state index is 0.322. The lowest BCUT2D eigenvalue weighted by atomic mass is 10.1. The number of hydrogen-bond acceptors (Lipinski definition) is 6. The van der Waals surface area contributed by atoms with Crippen LogP contribution in [0.3, 0.4) is 0 Å². The average Bonchev–Trinajstić information content (AvgIpc) is 2.75.